The molecule has 0 aliphatic carbocycles. The average molecular weight is 178 g/mol. The number of esters is 1. The molecule has 69 valence electrons. The molecule has 0 saturated heterocycles. The molecule has 1 aromatic heterocycles. The van der Waals surface area contributed by atoms with Gasteiger partial charge in [0, 0.05) is 11.9 Å². The Balaban J connectivity index is 2.72. The lowest BCUT2D eigenvalue weighted by Gasteiger charge is -2.06. The fraction of sp³-hybridized carbons (Fsp3) is 0.300. The Morgan fingerprint density at radius 3 is 2.77 bits per heavy atom. The van der Waals surface area contributed by atoms with Gasteiger partial charge in [-0.05, 0) is 32.9 Å². The van der Waals surface area contributed by atoms with E-state index in [2.05, 4.69) is 11.9 Å². The fourth-order valence-electron chi connectivity index (χ4n) is 0.839. The van der Waals surface area contributed by atoms with E-state index in [1.807, 2.05) is 6.92 Å². The standard InChI is InChI=1S/C10H12NO2/c1-7(2)13-10(12)9-5-4-8(3)11-6-9/h4-7H,1H2,2-3H3. The van der Waals surface area contributed by atoms with Crippen LogP contribution in [0.5, 0.6) is 0 Å². The van der Waals surface area contributed by atoms with Crippen molar-refractivity contribution in [1.29, 1.82) is 0 Å². The first-order valence-electron chi connectivity index (χ1n) is 4.06. The highest BCUT2D eigenvalue weighted by Gasteiger charge is 2.08. The highest BCUT2D eigenvalue weighted by atomic mass is 16.5. The summed E-state index contributed by atoms with van der Waals surface area (Å²) in [5.41, 5.74) is 1.33. The molecule has 1 unspecified atom stereocenters. The van der Waals surface area contributed by atoms with Crippen LogP contribution in [0.1, 0.15) is 23.0 Å². The maximum atomic E-state index is 11.3. The molecular formula is C10H12NO2. The molecule has 1 atom stereocenters. The van der Waals surface area contributed by atoms with Gasteiger partial charge in [0.1, 0.15) is 0 Å². The fourth-order valence-corrected chi connectivity index (χ4v) is 0.839. The number of carbonyl (C=O) groups is 1. The van der Waals surface area contributed by atoms with Crippen molar-refractivity contribution in [2.45, 2.75) is 20.0 Å². The first-order chi connectivity index (χ1) is 6.09. The zero-order valence-corrected chi connectivity index (χ0v) is 7.78. The van der Waals surface area contributed by atoms with Crippen molar-refractivity contribution in [3.05, 3.63) is 36.5 Å². The van der Waals surface area contributed by atoms with E-state index in [0.717, 1.165) is 5.69 Å². The lowest BCUT2D eigenvalue weighted by atomic mass is 10.2. The van der Waals surface area contributed by atoms with Crippen molar-refractivity contribution in [2.75, 3.05) is 0 Å². The number of hydrogen-bond acceptors (Lipinski definition) is 3. The van der Waals surface area contributed by atoms with Gasteiger partial charge in [0.2, 0.25) is 0 Å². The molecule has 0 saturated carbocycles. The summed E-state index contributed by atoms with van der Waals surface area (Å²) in [6, 6.07) is 3.46. The number of nitrogens with zero attached hydrogens (tertiary/aromatic N) is 1. The van der Waals surface area contributed by atoms with E-state index in [4.69, 9.17) is 4.74 Å². The maximum Gasteiger partial charge on any atom is 0.339 e. The molecule has 0 amide bonds. The molecule has 13 heavy (non-hydrogen) atoms. The molecule has 0 aliphatic heterocycles. The second-order valence-corrected chi connectivity index (χ2v) is 2.90. The smallest absolute Gasteiger partial charge is 0.339 e. The maximum absolute atomic E-state index is 11.3. The van der Waals surface area contributed by atoms with Gasteiger partial charge in [-0.2, -0.15) is 0 Å². The minimum Gasteiger partial charge on any atom is -0.459 e. The average Bonchev–Trinajstić information content (AvgIpc) is 2.04. The Bertz CT molecular complexity index is 290. The summed E-state index contributed by atoms with van der Waals surface area (Å²) in [7, 11) is 0. The van der Waals surface area contributed by atoms with Gasteiger partial charge in [-0.3, -0.25) is 4.98 Å². The van der Waals surface area contributed by atoms with Crippen LogP contribution in [0.3, 0.4) is 0 Å². The van der Waals surface area contributed by atoms with E-state index in [1.54, 1.807) is 19.1 Å². The van der Waals surface area contributed by atoms with Gasteiger partial charge in [-0.25, -0.2) is 4.79 Å². The Morgan fingerprint density at radius 2 is 2.31 bits per heavy atom. The number of rotatable bonds is 2. The predicted octanol–water partition coefficient (Wildman–Crippen LogP) is 1.77. The number of hydrogen-bond donors (Lipinski definition) is 0. The molecule has 0 aromatic carbocycles. The molecule has 0 N–H and O–H groups in total. The van der Waals surface area contributed by atoms with Crippen LogP contribution in [-0.4, -0.2) is 17.1 Å². The van der Waals surface area contributed by atoms with Crippen molar-refractivity contribution in [3.63, 3.8) is 0 Å². The SMILES string of the molecule is [CH2]C(C)OC(=O)c1ccc(C)nc1. The van der Waals surface area contributed by atoms with Crippen LogP contribution in [0.4, 0.5) is 0 Å². The van der Waals surface area contributed by atoms with Crippen molar-refractivity contribution in [3.8, 4) is 0 Å². The highest BCUT2D eigenvalue weighted by Crippen LogP contribution is 2.03. The molecule has 1 radical (unpaired) electrons. The summed E-state index contributed by atoms with van der Waals surface area (Å²) in [4.78, 5) is 15.3. The summed E-state index contributed by atoms with van der Waals surface area (Å²) in [5.74, 6) is -0.380. The number of pyridine rings is 1. The first-order valence-corrected chi connectivity index (χ1v) is 4.06. The molecule has 0 bridgehead atoms. The monoisotopic (exact) mass is 178 g/mol. The van der Waals surface area contributed by atoms with Crippen LogP contribution in [0.2, 0.25) is 0 Å². The predicted molar refractivity (Wildman–Crippen MR) is 49.2 cm³/mol. The summed E-state index contributed by atoms with van der Waals surface area (Å²) < 4.78 is 4.89. The van der Waals surface area contributed by atoms with Gasteiger partial charge in [-0.15, -0.1) is 0 Å². The minimum atomic E-state index is -0.380. The summed E-state index contributed by atoms with van der Waals surface area (Å²) in [6.45, 7) is 7.13. The van der Waals surface area contributed by atoms with Crippen LogP contribution < -0.4 is 0 Å². The molecule has 1 rings (SSSR count). The third kappa shape index (κ3) is 2.86. The van der Waals surface area contributed by atoms with Crippen molar-refractivity contribution in [1.82, 2.24) is 4.98 Å². The zero-order valence-electron chi connectivity index (χ0n) is 7.78. The summed E-state index contributed by atoms with van der Waals surface area (Å²) in [6.07, 6.45) is 1.16. The molecule has 0 fully saturated rings. The molecule has 1 aromatic rings. The minimum absolute atomic E-state index is 0.339. The van der Waals surface area contributed by atoms with Crippen LogP contribution in [0, 0.1) is 13.8 Å². The van der Waals surface area contributed by atoms with E-state index in [9.17, 15) is 4.79 Å². The second-order valence-electron chi connectivity index (χ2n) is 2.90. The molecular weight excluding hydrogens is 166 g/mol. The van der Waals surface area contributed by atoms with Gasteiger partial charge >= 0.3 is 5.97 Å². The van der Waals surface area contributed by atoms with Crippen LogP contribution in [0.25, 0.3) is 0 Å². The quantitative estimate of drug-likeness (QED) is 0.648. The van der Waals surface area contributed by atoms with Gasteiger partial charge in [-0.1, -0.05) is 0 Å². The van der Waals surface area contributed by atoms with Crippen LogP contribution in [0.15, 0.2) is 18.3 Å². The summed E-state index contributed by atoms with van der Waals surface area (Å²) in [5, 5.41) is 0. The zero-order chi connectivity index (χ0) is 9.84. The third-order valence-corrected chi connectivity index (χ3v) is 1.46. The van der Waals surface area contributed by atoms with Crippen LogP contribution >= 0.6 is 0 Å². The van der Waals surface area contributed by atoms with Crippen molar-refractivity contribution >= 4 is 5.97 Å². The third-order valence-electron chi connectivity index (χ3n) is 1.46. The molecule has 3 heteroatoms. The van der Waals surface area contributed by atoms with Gasteiger partial charge < -0.3 is 4.74 Å². The largest absolute Gasteiger partial charge is 0.459 e. The number of carbonyl (C=O) groups excluding carboxylic acids is 1. The Hall–Kier alpha value is -1.38. The molecule has 0 aliphatic rings. The molecule has 1 heterocycles. The van der Waals surface area contributed by atoms with Gasteiger partial charge in [0.25, 0.3) is 0 Å². The number of aromatic nitrogens is 1. The molecule has 3 nitrogen and oxygen atoms in total. The van der Waals surface area contributed by atoms with Gasteiger partial charge in [0.05, 0.1) is 11.7 Å². The Labute approximate surface area is 77.8 Å². The van der Waals surface area contributed by atoms with E-state index < -0.39 is 0 Å². The van der Waals surface area contributed by atoms with E-state index in [-0.39, 0.29) is 12.1 Å². The lowest BCUT2D eigenvalue weighted by molar-refractivity contribution is 0.0420. The van der Waals surface area contributed by atoms with Crippen molar-refractivity contribution < 1.29 is 9.53 Å². The van der Waals surface area contributed by atoms with Crippen molar-refractivity contribution in [2.24, 2.45) is 0 Å². The van der Waals surface area contributed by atoms with E-state index >= 15 is 0 Å². The van der Waals surface area contributed by atoms with Crippen LogP contribution in [-0.2, 0) is 4.74 Å². The number of ether oxygens (including phenoxy) is 1. The first kappa shape index (κ1) is 9.71. The Morgan fingerprint density at radius 1 is 1.62 bits per heavy atom. The van der Waals surface area contributed by atoms with E-state index in [0.29, 0.717) is 5.56 Å². The topological polar surface area (TPSA) is 39.2 Å². The normalized spacial score (nSPS) is 10.2. The molecule has 0 spiro atoms. The lowest BCUT2D eigenvalue weighted by Crippen LogP contribution is -2.12. The highest BCUT2D eigenvalue weighted by molar-refractivity contribution is 5.89. The van der Waals surface area contributed by atoms with E-state index in [1.165, 1.54) is 6.20 Å². The summed E-state index contributed by atoms with van der Waals surface area (Å²) >= 11 is 0. The Kier molecular flexibility index (Phi) is 3.01. The second kappa shape index (κ2) is 4.03. The number of aryl methyl sites for hydroxylation is 1. The van der Waals surface area contributed by atoms with Gasteiger partial charge in [0.15, 0.2) is 0 Å².